The second-order valence-electron chi connectivity index (χ2n) is 7.39. The Labute approximate surface area is 196 Å². The standard InChI is InChI=1S/C22H32N4OS.HI/c1-17(14-21-9-4-18(2)28-21)25-22(23-3)24-15-19-5-7-20(8-6-19)16-26-10-12-27-13-11-26;/h4-9,17H,10-16H2,1-3H3,(H2,23,24,25);1H. The Hall–Kier alpha value is -1.16. The molecule has 1 aromatic carbocycles. The summed E-state index contributed by atoms with van der Waals surface area (Å²) in [4.78, 5) is 9.58. The van der Waals surface area contributed by atoms with Gasteiger partial charge in [0.05, 0.1) is 13.2 Å². The summed E-state index contributed by atoms with van der Waals surface area (Å²) < 4.78 is 5.42. The Morgan fingerprint density at radius 2 is 1.83 bits per heavy atom. The number of benzene rings is 1. The first kappa shape index (κ1) is 24.1. The summed E-state index contributed by atoms with van der Waals surface area (Å²) in [5, 5.41) is 6.91. The molecule has 2 heterocycles. The molecule has 1 aliphatic rings. The number of aryl methyl sites for hydroxylation is 1. The third-order valence-corrected chi connectivity index (χ3v) is 5.93. The van der Waals surface area contributed by atoms with Gasteiger partial charge in [0.15, 0.2) is 5.96 Å². The number of nitrogens with one attached hydrogen (secondary N) is 2. The molecule has 1 unspecified atom stereocenters. The molecule has 160 valence electrons. The van der Waals surface area contributed by atoms with Gasteiger partial charge < -0.3 is 15.4 Å². The van der Waals surface area contributed by atoms with Crippen molar-refractivity contribution in [3.05, 3.63) is 57.3 Å². The lowest BCUT2D eigenvalue weighted by atomic mass is 10.1. The van der Waals surface area contributed by atoms with Crippen LogP contribution in [0.4, 0.5) is 0 Å². The lowest BCUT2D eigenvalue weighted by Crippen LogP contribution is -2.42. The monoisotopic (exact) mass is 528 g/mol. The van der Waals surface area contributed by atoms with Crippen molar-refractivity contribution in [2.45, 2.75) is 39.4 Å². The smallest absolute Gasteiger partial charge is 0.191 e. The van der Waals surface area contributed by atoms with Crippen LogP contribution in [-0.2, 0) is 24.2 Å². The van der Waals surface area contributed by atoms with Gasteiger partial charge in [-0.05, 0) is 37.1 Å². The summed E-state index contributed by atoms with van der Waals surface area (Å²) in [5.41, 5.74) is 2.61. The highest BCUT2D eigenvalue weighted by atomic mass is 127. The molecule has 2 N–H and O–H groups in total. The molecule has 0 bridgehead atoms. The summed E-state index contributed by atoms with van der Waals surface area (Å²) >= 11 is 1.86. The van der Waals surface area contributed by atoms with Crippen LogP contribution in [0.1, 0.15) is 27.8 Å². The molecule has 1 aliphatic heterocycles. The Morgan fingerprint density at radius 1 is 1.14 bits per heavy atom. The van der Waals surface area contributed by atoms with Gasteiger partial charge in [-0.2, -0.15) is 0 Å². The summed E-state index contributed by atoms with van der Waals surface area (Å²) in [6.07, 6.45) is 1.01. The molecule has 0 spiro atoms. The van der Waals surface area contributed by atoms with Crippen LogP contribution in [0.15, 0.2) is 41.4 Å². The third-order valence-electron chi connectivity index (χ3n) is 4.90. The Morgan fingerprint density at radius 3 is 2.45 bits per heavy atom. The van der Waals surface area contributed by atoms with E-state index >= 15 is 0 Å². The van der Waals surface area contributed by atoms with Crippen LogP contribution in [0.25, 0.3) is 0 Å². The quantitative estimate of drug-likeness (QED) is 0.326. The number of nitrogens with zero attached hydrogens (tertiary/aromatic N) is 2. The van der Waals surface area contributed by atoms with Gasteiger partial charge >= 0.3 is 0 Å². The van der Waals surface area contributed by atoms with Gasteiger partial charge in [0.2, 0.25) is 0 Å². The molecule has 1 atom stereocenters. The van der Waals surface area contributed by atoms with Crippen LogP contribution in [0.5, 0.6) is 0 Å². The molecule has 0 aliphatic carbocycles. The van der Waals surface area contributed by atoms with Crippen molar-refractivity contribution in [1.82, 2.24) is 15.5 Å². The minimum Gasteiger partial charge on any atom is -0.379 e. The highest BCUT2D eigenvalue weighted by molar-refractivity contribution is 14.0. The predicted octanol–water partition coefficient (Wildman–Crippen LogP) is 3.80. The Kier molecular flexibility index (Phi) is 10.4. The zero-order valence-electron chi connectivity index (χ0n) is 17.6. The molecule has 3 rings (SSSR count). The molecule has 0 saturated carbocycles. The fraction of sp³-hybridized carbons (Fsp3) is 0.500. The normalized spacial score (nSPS) is 16.2. The highest BCUT2D eigenvalue weighted by Gasteiger charge is 2.11. The van der Waals surface area contributed by atoms with Gasteiger partial charge in [-0.3, -0.25) is 9.89 Å². The fourth-order valence-corrected chi connectivity index (χ4v) is 4.36. The molecule has 2 aromatic rings. The number of halogens is 1. The third kappa shape index (κ3) is 8.24. The SMILES string of the molecule is CN=C(NCc1ccc(CN2CCOCC2)cc1)NC(C)Cc1ccc(C)s1.I. The minimum absolute atomic E-state index is 0. The number of ether oxygens (including phenoxy) is 1. The fourth-order valence-electron chi connectivity index (χ4n) is 3.34. The number of aliphatic imine (C=N–C) groups is 1. The van der Waals surface area contributed by atoms with E-state index < -0.39 is 0 Å². The van der Waals surface area contributed by atoms with E-state index in [-0.39, 0.29) is 24.0 Å². The average Bonchev–Trinajstić information content (AvgIpc) is 3.11. The van der Waals surface area contributed by atoms with Crippen LogP contribution < -0.4 is 10.6 Å². The molecule has 1 aromatic heterocycles. The van der Waals surface area contributed by atoms with Crippen molar-refractivity contribution in [1.29, 1.82) is 0 Å². The van der Waals surface area contributed by atoms with E-state index in [0.717, 1.165) is 51.8 Å². The van der Waals surface area contributed by atoms with Gasteiger partial charge in [-0.25, -0.2) is 0 Å². The van der Waals surface area contributed by atoms with E-state index in [1.54, 1.807) is 0 Å². The predicted molar refractivity (Wildman–Crippen MR) is 134 cm³/mol. The lowest BCUT2D eigenvalue weighted by Gasteiger charge is -2.26. The van der Waals surface area contributed by atoms with E-state index in [2.05, 4.69) is 70.8 Å². The second kappa shape index (κ2) is 12.5. The number of guanidine groups is 1. The molecular formula is C22H33IN4OS. The maximum atomic E-state index is 5.42. The number of morpholine rings is 1. The van der Waals surface area contributed by atoms with Crippen molar-refractivity contribution in [3.8, 4) is 0 Å². The zero-order valence-corrected chi connectivity index (χ0v) is 20.8. The number of hydrogen-bond acceptors (Lipinski definition) is 4. The molecule has 1 saturated heterocycles. The van der Waals surface area contributed by atoms with Crippen LogP contribution in [0.3, 0.4) is 0 Å². The van der Waals surface area contributed by atoms with E-state index in [1.807, 2.05) is 18.4 Å². The number of thiophene rings is 1. The maximum absolute atomic E-state index is 5.42. The van der Waals surface area contributed by atoms with Gasteiger partial charge in [-0.15, -0.1) is 35.3 Å². The molecule has 29 heavy (non-hydrogen) atoms. The highest BCUT2D eigenvalue weighted by Crippen LogP contribution is 2.16. The van der Waals surface area contributed by atoms with E-state index in [0.29, 0.717) is 6.04 Å². The van der Waals surface area contributed by atoms with E-state index in [9.17, 15) is 0 Å². The zero-order chi connectivity index (χ0) is 19.8. The van der Waals surface area contributed by atoms with Crippen molar-refractivity contribution in [2.75, 3.05) is 33.4 Å². The first-order chi connectivity index (χ1) is 13.6. The molecule has 5 nitrogen and oxygen atoms in total. The largest absolute Gasteiger partial charge is 0.379 e. The summed E-state index contributed by atoms with van der Waals surface area (Å²) in [7, 11) is 1.82. The molecule has 0 radical (unpaired) electrons. The first-order valence-electron chi connectivity index (χ1n) is 10.0. The second-order valence-corrected chi connectivity index (χ2v) is 8.77. The minimum atomic E-state index is 0. The Balaban J connectivity index is 0.00000300. The first-order valence-corrected chi connectivity index (χ1v) is 10.8. The van der Waals surface area contributed by atoms with Crippen LogP contribution in [0, 0.1) is 6.92 Å². The van der Waals surface area contributed by atoms with Crippen LogP contribution in [-0.4, -0.2) is 50.3 Å². The summed E-state index contributed by atoms with van der Waals surface area (Å²) in [5.74, 6) is 0.846. The molecule has 1 fully saturated rings. The van der Waals surface area contributed by atoms with Crippen molar-refractivity contribution in [2.24, 2.45) is 4.99 Å². The number of rotatable bonds is 7. The van der Waals surface area contributed by atoms with Gasteiger partial charge in [0.1, 0.15) is 0 Å². The number of hydrogen-bond donors (Lipinski definition) is 2. The van der Waals surface area contributed by atoms with E-state index in [4.69, 9.17) is 4.74 Å². The van der Waals surface area contributed by atoms with E-state index in [1.165, 1.54) is 20.9 Å². The average molecular weight is 529 g/mol. The summed E-state index contributed by atoms with van der Waals surface area (Å²) in [6, 6.07) is 13.6. The van der Waals surface area contributed by atoms with Crippen molar-refractivity contribution >= 4 is 41.3 Å². The van der Waals surface area contributed by atoms with Crippen molar-refractivity contribution < 1.29 is 4.74 Å². The summed E-state index contributed by atoms with van der Waals surface area (Å²) in [6.45, 7) is 9.85. The maximum Gasteiger partial charge on any atom is 0.191 e. The van der Waals surface area contributed by atoms with Crippen LogP contribution >= 0.6 is 35.3 Å². The van der Waals surface area contributed by atoms with Crippen molar-refractivity contribution in [3.63, 3.8) is 0 Å². The Bertz CT molecular complexity index is 756. The van der Waals surface area contributed by atoms with Gasteiger partial charge in [0.25, 0.3) is 0 Å². The molecule has 7 heteroatoms. The molecule has 0 amide bonds. The van der Waals surface area contributed by atoms with Crippen LogP contribution in [0.2, 0.25) is 0 Å². The van der Waals surface area contributed by atoms with Gasteiger partial charge in [0, 0.05) is 55.4 Å². The topological polar surface area (TPSA) is 48.9 Å². The van der Waals surface area contributed by atoms with Gasteiger partial charge in [-0.1, -0.05) is 24.3 Å². The lowest BCUT2D eigenvalue weighted by molar-refractivity contribution is 0.0342. The molecular weight excluding hydrogens is 495 g/mol.